The third kappa shape index (κ3) is 2.47. The molecule has 2 amide bonds. The van der Waals surface area contributed by atoms with Gasteiger partial charge in [-0.3, -0.25) is 14.9 Å². The van der Waals surface area contributed by atoms with Crippen LogP contribution in [0.4, 0.5) is 4.79 Å². The molecule has 0 spiro atoms. The van der Waals surface area contributed by atoms with Gasteiger partial charge in [0.25, 0.3) is 11.1 Å². The lowest BCUT2D eigenvalue weighted by molar-refractivity contribution is -0.115. The lowest BCUT2D eigenvalue weighted by Gasteiger charge is -2.23. The summed E-state index contributed by atoms with van der Waals surface area (Å²) in [5.41, 5.74) is 1.14. The normalized spacial score (nSPS) is 26.2. The highest BCUT2D eigenvalue weighted by Gasteiger charge is 2.30. The van der Waals surface area contributed by atoms with Crippen molar-refractivity contribution in [3.63, 3.8) is 0 Å². The molecule has 1 aliphatic heterocycles. The van der Waals surface area contributed by atoms with Gasteiger partial charge in [0, 0.05) is 13.7 Å². The van der Waals surface area contributed by atoms with Crippen molar-refractivity contribution in [1.29, 1.82) is 0 Å². The number of hydrogen-bond donors (Lipinski definition) is 1. The molecule has 1 aliphatic carbocycles. The molecule has 1 saturated carbocycles. The maximum absolute atomic E-state index is 11.5. The summed E-state index contributed by atoms with van der Waals surface area (Å²) in [7, 11) is 1.72. The first-order valence-electron chi connectivity index (χ1n) is 5.45. The Hall–Kier alpha value is -0.810. The fraction of sp³-hybridized carbons (Fsp3) is 0.636. The number of allylic oxidation sites excluding steroid dienone is 1. The third-order valence-electron chi connectivity index (χ3n) is 3.05. The highest BCUT2D eigenvalue weighted by Crippen LogP contribution is 2.36. The molecule has 16 heavy (non-hydrogen) atoms. The summed E-state index contributed by atoms with van der Waals surface area (Å²) >= 11 is 1.04. The van der Waals surface area contributed by atoms with Crippen molar-refractivity contribution in [2.45, 2.75) is 25.7 Å². The number of thioether (sulfide) groups is 1. The van der Waals surface area contributed by atoms with Crippen molar-refractivity contribution >= 4 is 22.9 Å². The Balaban J connectivity index is 2.00. The highest BCUT2D eigenvalue weighted by atomic mass is 32.2. The van der Waals surface area contributed by atoms with Gasteiger partial charge in [-0.2, -0.15) is 0 Å². The first-order valence-corrected chi connectivity index (χ1v) is 6.26. The molecular formula is C11H15NO3S. The maximum atomic E-state index is 11.5. The number of ether oxygens (including phenoxy) is 1. The molecule has 1 N–H and O–H groups in total. The van der Waals surface area contributed by atoms with Crippen molar-refractivity contribution in [2.24, 2.45) is 5.92 Å². The molecule has 0 radical (unpaired) electrons. The van der Waals surface area contributed by atoms with Gasteiger partial charge in [0.15, 0.2) is 0 Å². The molecule has 2 fully saturated rings. The van der Waals surface area contributed by atoms with Gasteiger partial charge in [-0.25, -0.2) is 0 Å². The smallest absolute Gasteiger partial charge is 0.290 e. The van der Waals surface area contributed by atoms with Crippen molar-refractivity contribution in [3.05, 3.63) is 10.5 Å². The average Bonchev–Trinajstić information content (AvgIpc) is 2.59. The number of amides is 2. The summed E-state index contributed by atoms with van der Waals surface area (Å²) in [5, 5.41) is 2.06. The van der Waals surface area contributed by atoms with Crippen LogP contribution in [0.1, 0.15) is 25.7 Å². The van der Waals surface area contributed by atoms with E-state index in [1.807, 2.05) is 0 Å². The van der Waals surface area contributed by atoms with E-state index in [2.05, 4.69) is 5.32 Å². The minimum atomic E-state index is -0.244. The molecule has 0 aromatic heterocycles. The summed E-state index contributed by atoms with van der Waals surface area (Å²) < 4.78 is 5.13. The molecule has 4 nitrogen and oxygen atoms in total. The number of carbonyl (C=O) groups is 2. The Morgan fingerprint density at radius 1 is 1.38 bits per heavy atom. The maximum Gasteiger partial charge on any atom is 0.290 e. The lowest BCUT2D eigenvalue weighted by atomic mass is 9.86. The molecule has 0 unspecified atom stereocenters. The summed E-state index contributed by atoms with van der Waals surface area (Å²) in [6.07, 6.45) is 3.93. The Labute approximate surface area is 98.8 Å². The molecule has 1 heterocycles. The van der Waals surface area contributed by atoms with Gasteiger partial charge in [0.2, 0.25) is 0 Å². The Kier molecular flexibility index (Phi) is 3.66. The molecule has 0 aromatic rings. The molecule has 2 rings (SSSR count). The molecule has 0 bridgehead atoms. The third-order valence-corrected chi connectivity index (χ3v) is 4.01. The molecule has 2 aliphatic rings. The highest BCUT2D eigenvalue weighted by molar-refractivity contribution is 8.18. The van der Waals surface area contributed by atoms with Gasteiger partial charge < -0.3 is 4.74 Å². The zero-order chi connectivity index (χ0) is 11.5. The monoisotopic (exact) mass is 241 g/mol. The summed E-state index contributed by atoms with van der Waals surface area (Å²) in [4.78, 5) is 23.1. The van der Waals surface area contributed by atoms with E-state index >= 15 is 0 Å². The average molecular weight is 241 g/mol. The van der Waals surface area contributed by atoms with Crippen LogP contribution in [0.25, 0.3) is 0 Å². The van der Waals surface area contributed by atoms with E-state index in [0.29, 0.717) is 10.8 Å². The second kappa shape index (κ2) is 5.01. The van der Waals surface area contributed by atoms with Crippen LogP contribution in [0.3, 0.4) is 0 Å². The standard InChI is InChI=1S/C11H15NO3S/c1-15-6-7-2-4-8(5-3-7)9-10(13)12-11(14)16-9/h7H,2-6H2,1H3,(H,12,13,14). The topological polar surface area (TPSA) is 55.4 Å². The Bertz CT molecular complexity index is 341. The number of carbonyl (C=O) groups excluding carboxylic acids is 2. The van der Waals surface area contributed by atoms with E-state index in [4.69, 9.17) is 4.74 Å². The molecule has 88 valence electrons. The summed E-state index contributed by atoms with van der Waals surface area (Å²) in [6.45, 7) is 0.793. The van der Waals surface area contributed by atoms with Crippen molar-refractivity contribution < 1.29 is 14.3 Å². The summed E-state index contributed by atoms with van der Waals surface area (Å²) in [5.74, 6) is 0.384. The predicted molar refractivity (Wildman–Crippen MR) is 62.0 cm³/mol. The van der Waals surface area contributed by atoms with Crippen LogP contribution in [0.5, 0.6) is 0 Å². The molecule has 0 atom stereocenters. The predicted octanol–water partition coefficient (Wildman–Crippen LogP) is 2.06. The number of imide groups is 1. The van der Waals surface area contributed by atoms with E-state index in [9.17, 15) is 9.59 Å². The van der Waals surface area contributed by atoms with Gasteiger partial charge in [-0.15, -0.1) is 0 Å². The number of rotatable bonds is 2. The molecule has 5 heteroatoms. The zero-order valence-corrected chi connectivity index (χ0v) is 10.1. The second-order valence-electron chi connectivity index (χ2n) is 4.18. The Morgan fingerprint density at radius 2 is 2.06 bits per heavy atom. The molecule has 1 saturated heterocycles. The van der Waals surface area contributed by atoms with Gasteiger partial charge >= 0.3 is 0 Å². The Morgan fingerprint density at radius 3 is 2.56 bits per heavy atom. The van der Waals surface area contributed by atoms with Crippen LogP contribution in [-0.4, -0.2) is 24.9 Å². The van der Waals surface area contributed by atoms with Gasteiger partial charge in [-0.05, 0) is 43.4 Å². The van der Waals surface area contributed by atoms with Gasteiger partial charge in [-0.1, -0.05) is 5.57 Å². The van der Waals surface area contributed by atoms with Crippen molar-refractivity contribution in [1.82, 2.24) is 5.32 Å². The van der Waals surface area contributed by atoms with Crippen LogP contribution in [0, 0.1) is 5.92 Å². The quantitative estimate of drug-likeness (QED) is 0.752. The van der Waals surface area contributed by atoms with Gasteiger partial charge in [0.05, 0.1) is 4.91 Å². The molecule has 0 aromatic carbocycles. The minimum Gasteiger partial charge on any atom is -0.384 e. The first-order chi connectivity index (χ1) is 7.70. The van der Waals surface area contributed by atoms with Crippen molar-refractivity contribution in [2.75, 3.05) is 13.7 Å². The fourth-order valence-electron chi connectivity index (χ4n) is 2.20. The van der Waals surface area contributed by atoms with Crippen LogP contribution in [0.2, 0.25) is 0 Å². The number of nitrogens with one attached hydrogen (secondary N) is 1. The van der Waals surface area contributed by atoms with Crippen LogP contribution >= 0.6 is 11.8 Å². The lowest BCUT2D eigenvalue weighted by Crippen LogP contribution is -2.20. The first kappa shape index (κ1) is 11.7. The van der Waals surface area contributed by atoms with Crippen LogP contribution < -0.4 is 5.32 Å². The van der Waals surface area contributed by atoms with E-state index in [0.717, 1.165) is 49.6 Å². The van der Waals surface area contributed by atoms with Gasteiger partial charge in [0.1, 0.15) is 0 Å². The molecular weight excluding hydrogens is 226 g/mol. The fourth-order valence-corrected chi connectivity index (χ4v) is 3.02. The largest absolute Gasteiger partial charge is 0.384 e. The zero-order valence-electron chi connectivity index (χ0n) is 9.25. The van der Waals surface area contributed by atoms with E-state index < -0.39 is 0 Å². The summed E-state index contributed by atoms with van der Waals surface area (Å²) in [6, 6.07) is 0. The van der Waals surface area contributed by atoms with Crippen LogP contribution in [0.15, 0.2) is 10.5 Å². The second-order valence-corrected chi connectivity index (χ2v) is 5.16. The number of methoxy groups -OCH3 is 1. The number of hydrogen-bond acceptors (Lipinski definition) is 4. The van der Waals surface area contributed by atoms with E-state index in [1.165, 1.54) is 0 Å². The van der Waals surface area contributed by atoms with E-state index in [-0.39, 0.29) is 11.1 Å². The van der Waals surface area contributed by atoms with E-state index in [1.54, 1.807) is 7.11 Å². The van der Waals surface area contributed by atoms with Crippen LogP contribution in [-0.2, 0) is 9.53 Å². The minimum absolute atomic E-state index is 0.213. The van der Waals surface area contributed by atoms with Crippen molar-refractivity contribution in [3.8, 4) is 0 Å². The SMILES string of the molecule is COCC1CCC(=C2SC(=O)NC2=O)CC1.